The summed E-state index contributed by atoms with van der Waals surface area (Å²) in [5.41, 5.74) is 3.99. The summed E-state index contributed by atoms with van der Waals surface area (Å²) in [4.78, 5) is 26.2. The van der Waals surface area contributed by atoms with Crippen LogP contribution >= 0.6 is 0 Å². The first-order valence-electron chi connectivity index (χ1n) is 9.74. The molecule has 3 aromatic heterocycles. The Kier molecular flexibility index (Phi) is 4.33. The van der Waals surface area contributed by atoms with Crippen LogP contribution < -0.4 is 16.2 Å². The Bertz CT molecular complexity index is 1240. The summed E-state index contributed by atoms with van der Waals surface area (Å²) < 4.78 is 3.37. The average molecular weight is 387 g/mol. The zero-order chi connectivity index (χ0) is 19.8. The quantitative estimate of drug-likeness (QED) is 0.559. The van der Waals surface area contributed by atoms with Crippen molar-refractivity contribution in [1.29, 1.82) is 0 Å². The number of benzene rings is 1. The van der Waals surface area contributed by atoms with E-state index >= 15 is 0 Å². The zero-order valence-corrected chi connectivity index (χ0v) is 16.1. The van der Waals surface area contributed by atoms with Crippen molar-refractivity contribution in [3.63, 3.8) is 0 Å². The standard InChI is InChI=1S/C21H21N7O/c1-2-27-20(29)17-13-24-21(26-19(17)28(27)18-5-3-4-9-23-18)25-16-7-6-14-8-10-22-12-15(14)11-16/h3-7,9,11,13,22H,2,8,10,12H2,1H3,(H,24,25,26). The molecule has 4 aromatic rings. The predicted molar refractivity (Wildman–Crippen MR) is 112 cm³/mol. The van der Waals surface area contributed by atoms with Crippen molar-refractivity contribution in [2.24, 2.45) is 0 Å². The number of hydrogen-bond donors (Lipinski definition) is 2. The maximum absolute atomic E-state index is 12.8. The molecule has 0 atom stereocenters. The Morgan fingerprint density at radius 3 is 2.93 bits per heavy atom. The first-order chi connectivity index (χ1) is 14.2. The summed E-state index contributed by atoms with van der Waals surface area (Å²) in [6.45, 7) is 4.31. The number of fused-ring (bicyclic) bond motifs is 2. The van der Waals surface area contributed by atoms with Gasteiger partial charge in [-0.15, -0.1) is 0 Å². The van der Waals surface area contributed by atoms with E-state index in [4.69, 9.17) is 0 Å². The first kappa shape index (κ1) is 17.6. The summed E-state index contributed by atoms with van der Waals surface area (Å²) in [7, 11) is 0. The van der Waals surface area contributed by atoms with Gasteiger partial charge >= 0.3 is 0 Å². The second kappa shape index (κ2) is 7.14. The van der Waals surface area contributed by atoms with Gasteiger partial charge in [-0.1, -0.05) is 12.1 Å². The molecule has 8 nitrogen and oxygen atoms in total. The van der Waals surface area contributed by atoms with Gasteiger partial charge in [0.25, 0.3) is 5.56 Å². The van der Waals surface area contributed by atoms with E-state index in [1.54, 1.807) is 21.8 Å². The maximum atomic E-state index is 12.8. The highest BCUT2D eigenvalue weighted by Crippen LogP contribution is 2.22. The van der Waals surface area contributed by atoms with Gasteiger partial charge in [-0.3, -0.25) is 4.79 Å². The fourth-order valence-electron chi connectivity index (χ4n) is 3.77. The largest absolute Gasteiger partial charge is 0.324 e. The molecule has 146 valence electrons. The summed E-state index contributed by atoms with van der Waals surface area (Å²) in [6.07, 6.45) is 4.32. The van der Waals surface area contributed by atoms with Gasteiger partial charge in [-0.25, -0.2) is 19.3 Å². The lowest BCUT2D eigenvalue weighted by Gasteiger charge is -2.18. The molecular weight excluding hydrogens is 366 g/mol. The second-order valence-corrected chi connectivity index (χ2v) is 6.99. The van der Waals surface area contributed by atoms with Crippen LogP contribution in [0.2, 0.25) is 0 Å². The summed E-state index contributed by atoms with van der Waals surface area (Å²) in [5.74, 6) is 1.09. The molecule has 2 N–H and O–H groups in total. The molecule has 0 radical (unpaired) electrons. The minimum atomic E-state index is -0.125. The van der Waals surface area contributed by atoms with Crippen LogP contribution in [-0.2, 0) is 19.5 Å². The van der Waals surface area contributed by atoms with Gasteiger partial charge in [0.1, 0.15) is 5.39 Å². The lowest BCUT2D eigenvalue weighted by atomic mass is 10.0. The smallest absolute Gasteiger partial charge is 0.278 e. The average Bonchev–Trinajstić information content (AvgIpc) is 3.05. The van der Waals surface area contributed by atoms with Crippen molar-refractivity contribution in [2.45, 2.75) is 26.4 Å². The van der Waals surface area contributed by atoms with E-state index in [9.17, 15) is 4.79 Å². The Balaban J connectivity index is 1.59. The molecule has 0 saturated carbocycles. The molecule has 0 unspecified atom stereocenters. The number of pyridine rings is 1. The number of hydrogen-bond acceptors (Lipinski definition) is 6. The molecule has 29 heavy (non-hydrogen) atoms. The van der Waals surface area contributed by atoms with Crippen LogP contribution in [0.1, 0.15) is 18.1 Å². The minimum Gasteiger partial charge on any atom is -0.324 e. The highest BCUT2D eigenvalue weighted by molar-refractivity contribution is 5.77. The SMILES string of the molecule is CCn1c(=O)c2cnc(Nc3ccc4c(c3)CNCC4)nc2n1-c1ccccn1. The molecule has 0 spiro atoms. The van der Waals surface area contributed by atoms with E-state index in [0.29, 0.717) is 29.3 Å². The van der Waals surface area contributed by atoms with Crippen molar-refractivity contribution in [1.82, 2.24) is 29.6 Å². The third-order valence-corrected chi connectivity index (χ3v) is 5.19. The van der Waals surface area contributed by atoms with Crippen LogP contribution in [-0.4, -0.2) is 30.9 Å². The van der Waals surface area contributed by atoms with E-state index in [1.165, 1.54) is 11.1 Å². The summed E-state index contributed by atoms with van der Waals surface area (Å²) in [5, 5.41) is 7.14. The summed E-state index contributed by atoms with van der Waals surface area (Å²) in [6, 6.07) is 11.9. The fourth-order valence-corrected chi connectivity index (χ4v) is 3.77. The van der Waals surface area contributed by atoms with Gasteiger partial charge in [0, 0.05) is 31.2 Å². The lowest BCUT2D eigenvalue weighted by molar-refractivity contribution is 0.568. The van der Waals surface area contributed by atoms with Gasteiger partial charge in [0.05, 0.1) is 0 Å². The third kappa shape index (κ3) is 3.07. The van der Waals surface area contributed by atoms with E-state index < -0.39 is 0 Å². The molecule has 1 aliphatic rings. The van der Waals surface area contributed by atoms with E-state index in [1.807, 2.05) is 31.2 Å². The number of nitrogens with zero attached hydrogens (tertiary/aromatic N) is 5. The van der Waals surface area contributed by atoms with Gasteiger partial charge in [-0.2, -0.15) is 4.98 Å². The second-order valence-electron chi connectivity index (χ2n) is 6.99. The topological polar surface area (TPSA) is 89.7 Å². The number of rotatable bonds is 4. The molecule has 1 aromatic carbocycles. The molecule has 0 amide bonds. The number of nitrogens with one attached hydrogen (secondary N) is 2. The highest BCUT2D eigenvalue weighted by atomic mass is 16.1. The number of aromatic nitrogens is 5. The van der Waals surface area contributed by atoms with Gasteiger partial charge in [0.15, 0.2) is 11.5 Å². The Morgan fingerprint density at radius 1 is 1.17 bits per heavy atom. The van der Waals surface area contributed by atoms with E-state index in [2.05, 4.69) is 37.7 Å². The van der Waals surface area contributed by atoms with Crippen LogP contribution in [0.4, 0.5) is 11.6 Å². The molecule has 5 rings (SSSR count). The molecule has 1 aliphatic heterocycles. The van der Waals surface area contributed by atoms with Crippen LogP contribution in [0.5, 0.6) is 0 Å². The monoisotopic (exact) mass is 387 g/mol. The predicted octanol–water partition coefficient (Wildman–Crippen LogP) is 2.39. The molecule has 0 saturated heterocycles. The highest BCUT2D eigenvalue weighted by Gasteiger charge is 2.17. The van der Waals surface area contributed by atoms with Crippen molar-refractivity contribution < 1.29 is 0 Å². The van der Waals surface area contributed by atoms with Crippen molar-refractivity contribution in [3.05, 3.63) is 70.3 Å². The van der Waals surface area contributed by atoms with Gasteiger partial charge in [-0.05, 0) is 55.3 Å². The molecular formula is C21H21N7O. The third-order valence-electron chi connectivity index (χ3n) is 5.19. The van der Waals surface area contributed by atoms with E-state index in [-0.39, 0.29) is 5.56 Å². The Morgan fingerprint density at radius 2 is 2.10 bits per heavy atom. The van der Waals surface area contributed by atoms with Crippen molar-refractivity contribution >= 4 is 22.7 Å². The number of anilines is 2. The molecule has 8 heteroatoms. The fraction of sp³-hybridized carbons (Fsp3) is 0.238. The van der Waals surface area contributed by atoms with Crippen LogP contribution in [0.3, 0.4) is 0 Å². The minimum absolute atomic E-state index is 0.125. The van der Waals surface area contributed by atoms with Crippen molar-refractivity contribution in [3.8, 4) is 5.82 Å². The van der Waals surface area contributed by atoms with E-state index in [0.717, 1.165) is 25.2 Å². The van der Waals surface area contributed by atoms with Gasteiger partial charge in [0.2, 0.25) is 5.95 Å². The van der Waals surface area contributed by atoms with Crippen LogP contribution in [0, 0.1) is 0 Å². The maximum Gasteiger partial charge on any atom is 0.278 e. The molecule has 0 aliphatic carbocycles. The Labute approximate surface area is 167 Å². The normalized spacial score (nSPS) is 13.4. The Hall–Kier alpha value is -3.52. The molecule has 0 bridgehead atoms. The molecule has 0 fully saturated rings. The first-order valence-corrected chi connectivity index (χ1v) is 9.74. The van der Waals surface area contributed by atoms with Crippen LogP contribution in [0.25, 0.3) is 16.9 Å². The summed E-state index contributed by atoms with van der Waals surface area (Å²) >= 11 is 0. The molecule has 4 heterocycles. The zero-order valence-electron chi connectivity index (χ0n) is 16.1. The van der Waals surface area contributed by atoms with Crippen molar-refractivity contribution in [2.75, 3.05) is 11.9 Å². The lowest BCUT2D eigenvalue weighted by Crippen LogP contribution is -2.23. The van der Waals surface area contributed by atoms with Gasteiger partial charge < -0.3 is 10.6 Å². The van der Waals surface area contributed by atoms with Crippen LogP contribution in [0.15, 0.2) is 53.6 Å².